The van der Waals surface area contributed by atoms with Crippen LogP contribution in [0.1, 0.15) is 25.3 Å². The van der Waals surface area contributed by atoms with Gasteiger partial charge in [-0.05, 0) is 38.8 Å². The average molecular weight is 431 g/mol. The normalized spacial score (nSPS) is 14.7. The molecule has 0 radical (unpaired) electrons. The van der Waals surface area contributed by atoms with E-state index in [1.807, 2.05) is 11.8 Å². The van der Waals surface area contributed by atoms with Crippen LogP contribution < -0.4 is 10.6 Å². The molecular formula is C17H26IN3S. The van der Waals surface area contributed by atoms with Crippen molar-refractivity contribution in [1.82, 2.24) is 10.6 Å². The smallest absolute Gasteiger partial charge is 0.191 e. The predicted molar refractivity (Wildman–Crippen MR) is 109 cm³/mol. The van der Waals surface area contributed by atoms with E-state index in [9.17, 15) is 0 Å². The molecule has 22 heavy (non-hydrogen) atoms. The summed E-state index contributed by atoms with van der Waals surface area (Å²) in [6, 6.07) is 9.18. The molecule has 0 atom stereocenters. The van der Waals surface area contributed by atoms with Gasteiger partial charge in [0.15, 0.2) is 5.96 Å². The molecule has 1 aromatic rings. The van der Waals surface area contributed by atoms with Crippen LogP contribution in [0, 0.1) is 6.92 Å². The zero-order chi connectivity index (χ0) is 14.9. The molecule has 2 N–H and O–H groups in total. The van der Waals surface area contributed by atoms with E-state index >= 15 is 0 Å². The zero-order valence-corrected chi connectivity index (χ0v) is 16.5. The first-order chi connectivity index (χ1) is 10.3. The highest BCUT2D eigenvalue weighted by Crippen LogP contribution is 2.17. The van der Waals surface area contributed by atoms with Crippen LogP contribution in [-0.2, 0) is 0 Å². The average Bonchev–Trinajstić information content (AvgIpc) is 2.98. The number of benzene rings is 1. The van der Waals surface area contributed by atoms with E-state index in [2.05, 4.69) is 65.9 Å². The maximum Gasteiger partial charge on any atom is 0.191 e. The fourth-order valence-corrected chi connectivity index (χ4v) is 2.95. The molecule has 0 saturated heterocycles. The molecule has 0 aromatic heterocycles. The van der Waals surface area contributed by atoms with E-state index < -0.39 is 0 Å². The maximum atomic E-state index is 4.66. The molecule has 5 heteroatoms. The number of thioether (sulfide) groups is 1. The third-order valence-corrected chi connectivity index (χ3v) is 4.34. The van der Waals surface area contributed by atoms with Crippen LogP contribution >= 0.6 is 35.7 Å². The van der Waals surface area contributed by atoms with Gasteiger partial charge in [0, 0.05) is 23.2 Å². The van der Waals surface area contributed by atoms with Crippen LogP contribution in [0.25, 0.3) is 0 Å². The number of hydrogen-bond donors (Lipinski definition) is 2. The summed E-state index contributed by atoms with van der Waals surface area (Å²) < 4.78 is 0. The lowest BCUT2D eigenvalue weighted by Crippen LogP contribution is -2.42. The van der Waals surface area contributed by atoms with Gasteiger partial charge in [0.25, 0.3) is 0 Å². The summed E-state index contributed by atoms with van der Waals surface area (Å²) in [5.41, 5.74) is 1.31. The van der Waals surface area contributed by atoms with Gasteiger partial charge < -0.3 is 10.6 Å². The topological polar surface area (TPSA) is 36.4 Å². The molecule has 0 fully saturated rings. The first kappa shape index (κ1) is 19.4. The molecule has 0 aliphatic heterocycles. The largest absolute Gasteiger partial charge is 0.357 e. The van der Waals surface area contributed by atoms with Crippen molar-refractivity contribution in [3.05, 3.63) is 42.0 Å². The Morgan fingerprint density at radius 1 is 1.23 bits per heavy atom. The first-order valence-corrected chi connectivity index (χ1v) is 8.66. The summed E-state index contributed by atoms with van der Waals surface area (Å²) in [7, 11) is 0. The summed E-state index contributed by atoms with van der Waals surface area (Å²) in [6.07, 6.45) is 6.66. The minimum atomic E-state index is 0. The SMILES string of the molecule is CCNC(=NCCSc1ccc(C)cc1)NC1CC=CC1.I. The second kappa shape index (κ2) is 10.9. The van der Waals surface area contributed by atoms with Gasteiger partial charge in [0.1, 0.15) is 0 Å². The number of rotatable bonds is 6. The summed E-state index contributed by atoms with van der Waals surface area (Å²) in [5.74, 6) is 1.94. The minimum Gasteiger partial charge on any atom is -0.357 e. The van der Waals surface area contributed by atoms with Crippen LogP contribution in [0.4, 0.5) is 0 Å². The predicted octanol–water partition coefficient (Wildman–Crippen LogP) is 3.98. The van der Waals surface area contributed by atoms with Gasteiger partial charge in [-0.3, -0.25) is 4.99 Å². The Labute approximate surface area is 155 Å². The van der Waals surface area contributed by atoms with Crippen molar-refractivity contribution in [2.24, 2.45) is 4.99 Å². The summed E-state index contributed by atoms with van der Waals surface area (Å²) in [6.45, 7) is 5.95. The fraction of sp³-hybridized carbons (Fsp3) is 0.471. The monoisotopic (exact) mass is 431 g/mol. The van der Waals surface area contributed by atoms with Crippen molar-refractivity contribution in [3.63, 3.8) is 0 Å². The number of halogens is 1. The minimum absolute atomic E-state index is 0. The van der Waals surface area contributed by atoms with Crippen LogP contribution in [0.15, 0.2) is 46.3 Å². The Morgan fingerprint density at radius 3 is 2.55 bits per heavy atom. The molecule has 0 unspecified atom stereocenters. The zero-order valence-electron chi connectivity index (χ0n) is 13.3. The van der Waals surface area contributed by atoms with E-state index in [0.717, 1.165) is 37.6 Å². The third kappa shape index (κ3) is 7.05. The molecule has 0 heterocycles. The number of hydrogen-bond acceptors (Lipinski definition) is 2. The Balaban J connectivity index is 0.00000242. The molecule has 0 spiro atoms. The van der Waals surface area contributed by atoms with Crippen LogP contribution in [0.2, 0.25) is 0 Å². The van der Waals surface area contributed by atoms with E-state index in [0.29, 0.717) is 6.04 Å². The third-order valence-electron chi connectivity index (χ3n) is 3.34. The quantitative estimate of drug-likeness (QED) is 0.179. The van der Waals surface area contributed by atoms with Crippen molar-refractivity contribution in [2.75, 3.05) is 18.8 Å². The molecule has 2 rings (SSSR count). The van der Waals surface area contributed by atoms with Crippen molar-refractivity contribution in [1.29, 1.82) is 0 Å². The second-order valence-corrected chi connectivity index (χ2v) is 6.37. The summed E-state index contributed by atoms with van der Waals surface area (Å²) >= 11 is 1.86. The highest BCUT2D eigenvalue weighted by atomic mass is 127. The molecule has 0 bridgehead atoms. The van der Waals surface area contributed by atoms with E-state index in [-0.39, 0.29) is 24.0 Å². The van der Waals surface area contributed by atoms with Crippen molar-refractivity contribution < 1.29 is 0 Å². The maximum absolute atomic E-state index is 4.66. The van der Waals surface area contributed by atoms with Gasteiger partial charge in [-0.25, -0.2) is 0 Å². The van der Waals surface area contributed by atoms with Crippen LogP contribution in [-0.4, -0.2) is 30.8 Å². The second-order valence-electron chi connectivity index (χ2n) is 5.21. The molecule has 0 amide bonds. The van der Waals surface area contributed by atoms with Gasteiger partial charge in [-0.15, -0.1) is 35.7 Å². The Hall–Kier alpha value is -0.690. The molecule has 0 saturated carbocycles. The van der Waals surface area contributed by atoms with Gasteiger partial charge in [0.2, 0.25) is 0 Å². The summed E-state index contributed by atoms with van der Waals surface area (Å²) in [4.78, 5) is 5.97. The molecule has 1 aliphatic carbocycles. The fourth-order valence-electron chi connectivity index (χ4n) is 2.20. The van der Waals surface area contributed by atoms with Gasteiger partial charge in [-0.1, -0.05) is 29.8 Å². The van der Waals surface area contributed by atoms with Gasteiger partial charge in [-0.2, -0.15) is 0 Å². The number of aliphatic imine (C=N–C) groups is 1. The number of nitrogens with one attached hydrogen (secondary N) is 2. The lowest BCUT2D eigenvalue weighted by molar-refractivity contribution is 0.634. The highest BCUT2D eigenvalue weighted by Gasteiger charge is 2.11. The Morgan fingerprint density at radius 2 is 1.91 bits per heavy atom. The Kier molecular flexibility index (Phi) is 9.63. The van der Waals surface area contributed by atoms with E-state index in [1.165, 1.54) is 10.5 Å². The number of guanidine groups is 1. The Bertz CT molecular complexity index is 477. The highest BCUT2D eigenvalue weighted by molar-refractivity contribution is 14.0. The molecule has 1 aliphatic rings. The van der Waals surface area contributed by atoms with E-state index in [1.54, 1.807) is 0 Å². The molecular weight excluding hydrogens is 405 g/mol. The van der Waals surface area contributed by atoms with Crippen molar-refractivity contribution >= 4 is 41.7 Å². The first-order valence-electron chi connectivity index (χ1n) is 7.67. The lowest BCUT2D eigenvalue weighted by Gasteiger charge is -2.16. The number of aryl methyl sites for hydroxylation is 1. The van der Waals surface area contributed by atoms with Crippen molar-refractivity contribution in [2.45, 2.75) is 37.6 Å². The van der Waals surface area contributed by atoms with Crippen molar-refractivity contribution in [3.8, 4) is 0 Å². The number of nitrogens with zero attached hydrogens (tertiary/aromatic N) is 1. The molecule has 1 aromatic carbocycles. The van der Waals surface area contributed by atoms with Crippen LogP contribution in [0.5, 0.6) is 0 Å². The van der Waals surface area contributed by atoms with Gasteiger partial charge >= 0.3 is 0 Å². The molecule has 122 valence electrons. The van der Waals surface area contributed by atoms with Gasteiger partial charge in [0.05, 0.1) is 6.54 Å². The standard InChI is InChI=1S/C17H25N3S.HI/c1-3-18-17(20-15-6-4-5-7-15)19-12-13-21-16-10-8-14(2)9-11-16;/h4-5,8-11,15H,3,6-7,12-13H2,1-2H3,(H2,18,19,20);1H. The summed E-state index contributed by atoms with van der Waals surface area (Å²) in [5, 5.41) is 6.81. The lowest BCUT2D eigenvalue weighted by atomic mass is 10.2. The van der Waals surface area contributed by atoms with Crippen LogP contribution in [0.3, 0.4) is 0 Å². The van der Waals surface area contributed by atoms with E-state index in [4.69, 9.17) is 0 Å². The molecule has 3 nitrogen and oxygen atoms in total.